The highest BCUT2D eigenvalue weighted by atomic mass is 16.4. The molecular weight excluding hydrogens is 132 g/mol. The van der Waals surface area contributed by atoms with E-state index in [1.54, 1.807) is 11.9 Å². The topological polar surface area (TPSA) is 47.8 Å². The van der Waals surface area contributed by atoms with Crippen molar-refractivity contribution in [3.63, 3.8) is 0 Å². The van der Waals surface area contributed by atoms with Crippen molar-refractivity contribution >= 4 is 5.97 Å². The molecule has 4 nitrogen and oxygen atoms in total. The van der Waals surface area contributed by atoms with Gasteiger partial charge in [0.25, 0.3) is 0 Å². The maximum Gasteiger partial charge on any atom is 0.133 e. The highest BCUT2D eigenvalue weighted by Crippen LogP contribution is 1.93. The minimum Gasteiger partial charge on any atom is -0.548 e. The smallest absolute Gasteiger partial charge is 0.133 e. The zero-order valence-electron chi connectivity index (χ0n) is 6.26. The molecule has 58 valence electrons. The summed E-state index contributed by atoms with van der Waals surface area (Å²) in [4.78, 5) is 13.4. The summed E-state index contributed by atoms with van der Waals surface area (Å²) >= 11 is 0. The molecule has 0 amide bonds. The minimum atomic E-state index is -0.959. The minimum absolute atomic E-state index is 0.389. The lowest BCUT2D eigenvalue weighted by atomic mass is 10.3. The molecule has 1 aliphatic rings. The molecule has 1 heterocycles. The van der Waals surface area contributed by atoms with Crippen LogP contribution >= 0.6 is 0 Å². The molecule has 0 aromatic rings. The lowest BCUT2D eigenvalue weighted by Crippen LogP contribution is -3.07. The van der Waals surface area contributed by atoms with Crippen LogP contribution < -0.4 is 10.0 Å². The van der Waals surface area contributed by atoms with Gasteiger partial charge in [0.15, 0.2) is 0 Å². The van der Waals surface area contributed by atoms with Gasteiger partial charge in [-0.25, -0.2) is 4.90 Å². The number of hydrogen-bond donors (Lipinski definition) is 1. The average molecular weight is 144 g/mol. The summed E-state index contributed by atoms with van der Waals surface area (Å²) in [6.07, 6.45) is 0. The number of nitrogens with zero attached hydrogens (tertiary/aromatic N) is 1. The molecule has 2 unspecified atom stereocenters. The first kappa shape index (κ1) is 7.50. The van der Waals surface area contributed by atoms with Gasteiger partial charge in [0.1, 0.15) is 12.7 Å². The van der Waals surface area contributed by atoms with E-state index < -0.39 is 5.97 Å². The number of carboxylic acids is 1. The number of rotatable bonds is 1. The van der Waals surface area contributed by atoms with Gasteiger partial charge in [-0.15, -0.1) is 0 Å². The normalized spacial score (nSPS) is 34.6. The monoisotopic (exact) mass is 144 g/mol. The van der Waals surface area contributed by atoms with E-state index in [1.165, 1.54) is 4.90 Å². The van der Waals surface area contributed by atoms with E-state index in [0.29, 0.717) is 6.54 Å². The first-order chi connectivity index (χ1) is 4.61. The Morgan fingerprint density at radius 3 is 2.60 bits per heavy atom. The van der Waals surface area contributed by atoms with E-state index in [9.17, 15) is 9.90 Å². The van der Waals surface area contributed by atoms with Gasteiger partial charge in [-0.2, -0.15) is 0 Å². The van der Waals surface area contributed by atoms with E-state index in [-0.39, 0.29) is 6.04 Å². The maximum absolute atomic E-state index is 10.4. The van der Waals surface area contributed by atoms with Crippen LogP contribution in [0.15, 0.2) is 0 Å². The van der Waals surface area contributed by atoms with E-state index in [2.05, 4.69) is 0 Å². The van der Waals surface area contributed by atoms with Gasteiger partial charge >= 0.3 is 0 Å². The van der Waals surface area contributed by atoms with Crippen LogP contribution in [0.25, 0.3) is 0 Å². The number of hydrogen-bond acceptors (Lipinski definition) is 3. The molecule has 2 atom stereocenters. The summed E-state index contributed by atoms with van der Waals surface area (Å²) < 4.78 is 0. The predicted molar refractivity (Wildman–Crippen MR) is 33.2 cm³/mol. The maximum atomic E-state index is 10.4. The second-order valence-electron chi connectivity index (χ2n) is 2.91. The Labute approximate surface area is 60.0 Å². The second kappa shape index (κ2) is 2.56. The second-order valence-corrected chi connectivity index (χ2v) is 2.91. The van der Waals surface area contributed by atoms with E-state index in [4.69, 9.17) is 0 Å². The van der Waals surface area contributed by atoms with Gasteiger partial charge in [-0.3, -0.25) is 0 Å². The summed E-state index contributed by atoms with van der Waals surface area (Å²) in [5, 5.41) is 10.4. The van der Waals surface area contributed by atoms with Crippen LogP contribution in [0, 0.1) is 0 Å². The Morgan fingerprint density at radius 2 is 2.40 bits per heavy atom. The molecule has 0 radical (unpaired) electrons. The molecule has 0 aromatic heterocycles. The molecule has 1 saturated heterocycles. The van der Waals surface area contributed by atoms with Crippen molar-refractivity contribution in [3.05, 3.63) is 0 Å². The van der Waals surface area contributed by atoms with Crippen LogP contribution in [-0.2, 0) is 4.79 Å². The summed E-state index contributed by atoms with van der Waals surface area (Å²) in [6, 6.07) is -0.389. The van der Waals surface area contributed by atoms with Crippen molar-refractivity contribution in [2.24, 2.45) is 0 Å². The fourth-order valence-corrected chi connectivity index (χ4v) is 1.35. The van der Waals surface area contributed by atoms with Crippen molar-refractivity contribution in [2.45, 2.75) is 6.04 Å². The van der Waals surface area contributed by atoms with Crippen LogP contribution in [0.3, 0.4) is 0 Å². The number of likely N-dealkylation sites (N-methyl/N-ethyl adjacent to an activating group) is 2. The van der Waals surface area contributed by atoms with Crippen molar-refractivity contribution in [1.29, 1.82) is 0 Å². The lowest BCUT2D eigenvalue weighted by Gasteiger charge is -2.14. The summed E-state index contributed by atoms with van der Waals surface area (Å²) in [5.41, 5.74) is 0. The molecular formula is C6H12N2O2. The van der Waals surface area contributed by atoms with Gasteiger partial charge < -0.3 is 14.8 Å². The molecule has 1 rings (SSSR count). The van der Waals surface area contributed by atoms with Crippen LogP contribution in [0.5, 0.6) is 0 Å². The van der Waals surface area contributed by atoms with Crippen LogP contribution in [-0.4, -0.2) is 44.2 Å². The fourth-order valence-electron chi connectivity index (χ4n) is 1.35. The summed E-state index contributed by atoms with van der Waals surface area (Å²) in [6.45, 7) is 1.44. The standard InChI is InChI=1S/C6H12N2O2/c1-7-3-5(6(9)10)8(2)4-7/h5H,3-4H2,1-2H3,(H,9,10). The van der Waals surface area contributed by atoms with Gasteiger partial charge in [0.2, 0.25) is 0 Å². The Morgan fingerprint density at radius 1 is 1.80 bits per heavy atom. The predicted octanol–water partition coefficient (Wildman–Crippen LogP) is -3.48. The first-order valence-corrected chi connectivity index (χ1v) is 3.33. The molecule has 1 N–H and O–H groups in total. The Bertz CT molecular complexity index is 149. The van der Waals surface area contributed by atoms with Gasteiger partial charge in [0.05, 0.1) is 19.6 Å². The first-order valence-electron chi connectivity index (χ1n) is 3.33. The Hall–Kier alpha value is -0.610. The van der Waals surface area contributed by atoms with E-state index >= 15 is 0 Å². The Kier molecular flexibility index (Phi) is 1.92. The third kappa shape index (κ3) is 1.27. The number of nitrogens with one attached hydrogen (secondary N) is 1. The van der Waals surface area contributed by atoms with Gasteiger partial charge in [0, 0.05) is 0 Å². The summed E-state index contributed by atoms with van der Waals surface area (Å²) in [5.74, 6) is -0.959. The van der Waals surface area contributed by atoms with Crippen molar-refractivity contribution < 1.29 is 14.8 Å². The van der Waals surface area contributed by atoms with Gasteiger partial charge in [-0.05, 0) is 7.05 Å². The van der Waals surface area contributed by atoms with Crippen LogP contribution in [0.1, 0.15) is 0 Å². The molecule has 0 aromatic carbocycles. The average Bonchev–Trinajstić information content (AvgIpc) is 2.10. The van der Waals surface area contributed by atoms with Crippen LogP contribution in [0.2, 0.25) is 0 Å². The molecule has 0 bridgehead atoms. The Balaban J connectivity index is 2.54. The van der Waals surface area contributed by atoms with Crippen LogP contribution in [0.4, 0.5) is 0 Å². The quantitative estimate of drug-likeness (QED) is 0.416. The highest BCUT2D eigenvalue weighted by Gasteiger charge is 2.28. The third-order valence-electron chi connectivity index (χ3n) is 1.87. The van der Waals surface area contributed by atoms with E-state index in [1.807, 2.05) is 7.05 Å². The molecule has 4 heteroatoms. The zero-order chi connectivity index (χ0) is 7.72. The largest absolute Gasteiger partial charge is 0.548 e. The SMILES string of the molecule is CN1C[NH+](C)CC1C(=O)[O-]. The van der Waals surface area contributed by atoms with Crippen molar-refractivity contribution in [3.8, 4) is 0 Å². The van der Waals surface area contributed by atoms with Crippen molar-refractivity contribution in [2.75, 3.05) is 27.3 Å². The number of carbonyl (C=O) groups is 1. The molecule has 1 aliphatic heterocycles. The highest BCUT2D eigenvalue weighted by molar-refractivity contribution is 5.71. The molecule has 1 fully saturated rings. The molecule has 0 saturated carbocycles. The van der Waals surface area contributed by atoms with E-state index in [0.717, 1.165) is 6.67 Å². The molecule has 10 heavy (non-hydrogen) atoms. The van der Waals surface area contributed by atoms with Gasteiger partial charge in [-0.1, -0.05) is 0 Å². The number of carbonyl (C=O) groups excluding carboxylic acids is 1. The zero-order valence-corrected chi connectivity index (χ0v) is 6.26. The number of carboxylic acid groups (broad SMARTS) is 1. The fraction of sp³-hybridized carbons (Fsp3) is 0.833. The lowest BCUT2D eigenvalue weighted by molar-refractivity contribution is -0.871. The number of quaternary nitrogens is 1. The third-order valence-corrected chi connectivity index (χ3v) is 1.87. The molecule has 0 aliphatic carbocycles. The molecule has 0 spiro atoms. The van der Waals surface area contributed by atoms with Crippen molar-refractivity contribution in [1.82, 2.24) is 4.90 Å². The number of aliphatic carboxylic acids is 1. The summed E-state index contributed by atoms with van der Waals surface area (Å²) in [7, 11) is 3.77.